The Hall–Kier alpha value is -2.65. The summed E-state index contributed by atoms with van der Waals surface area (Å²) in [5.74, 6) is -0.521. The van der Waals surface area contributed by atoms with Gasteiger partial charge in [-0.25, -0.2) is 8.42 Å². The van der Waals surface area contributed by atoms with Crippen LogP contribution in [0.15, 0.2) is 52.0 Å². The van der Waals surface area contributed by atoms with Crippen LogP contribution < -0.4 is 5.32 Å². The van der Waals surface area contributed by atoms with E-state index in [1.807, 2.05) is 0 Å². The van der Waals surface area contributed by atoms with Crippen molar-refractivity contribution in [3.05, 3.63) is 48.4 Å². The molecule has 0 bridgehead atoms. The first-order valence-corrected chi connectivity index (χ1v) is 9.32. The first kappa shape index (κ1) is 19.7. The van der Waals surface area contributed by atoms with Crippen LogP contribution in [0.2, 0.25) is 0 Å². The number of nitrogens with zero attached hydrogens (tertiary/aromatic N) is 1. The number of furan rings is 1. The number of benzene rings is 1. The van der Waals surface area contributed by atoms with E-state index in [2.05, 4.69) is 5.32 Å². The van der Waals surface area contributed by atoms with E-state index in [4.69, 9.17) is 9.15 Å². The van der Waals surface area contributed by atoms with E-state index >= 15 is 0 Å². The summed E-state index contributed by atoms with van der Waals surface area (Å²) < 4.78 is 36.9. The molecule has 2 rings (SSSR count). The molecule has 8 nitrogen and oxygen atoms in total. The minimum Gasteiger partial charge on any atom is -0.468 e. The van der Waals surface area contributed by atoms with Crippen LogP contribution in [-0.2, 0) is 30.9 Å². The zero-order valence-corrected chi connectivity index (χ0v) is 15.3. The van der Waals surface area contributed by atoms with Crippen molar-refractivity contribution in [1.29, 1.82) is 0 Å². The SMILES string of the molecule is CCOC(=O)CN(Cc1ccco1)S(=O)(=O)c1ccc(NC(C)=O)cc1. The molecule has 26 heavy (non-hydrogen) atoms. The van der Waals surface area contributed by atoms with Crippen molar-refractivity contribution < 1.29 is 27.2 Å². The van der Waals surface area contributed by atoms with Gasteiger partial charge in [0.25, 0.3) is 0 Å². The molecule has 140 valence electrons. The third-order valence-corrected chi connectivity index (χ3v) is 5.14. The van der Waals surface area contributed by atoms with Gasteiger partial charge in [-0.2, -0.15) is 4.31 Å². The molecule has 0 spiro atoms. The van der Waals surface area contributed by atoms with Crippen molar-refractivity contribution in [3.8, 4) is 0 Å². The second kappa shape index (κ2) is 8.63. The van der Waals surface area contributed by atoms with Crippen LogP contribution in [0, 0.1) is 0 Å². The number of carbonyl (C=O) groups excluding carboxylic acids is 2. The fourth-order valence-corrected chi connectivity index (χ4v) is 3.57. The Balaban J connectivity index is 2.28. The van der Waals surface area contributed by atoms with Crippen LogP contribution in [0.3, 0.4) is 0 Å². The van der Waals surface area contributed by atoms with E-state index in [1.54, 1.807) is 19.1 Å². The van der Waals surface area contributed by atoms with Crippen LogP contribution in [-0.4, -0.2) is 37.8 Å². The highest BCUT2D eigenvalue weighted by molar-refractivity contribution is 7.89. The smallest absolute Gasteiger partial charge is 0.321 e. The quantitative estimate of drug-likeness (QED) is 0.702. The van der Waals surface area contributed by atoms with Crippen molar-refractivity contribution in [2.24, 2.45) is 0 Å². The summed E-state index contributed by atoms with van der Waals surface area (Å²) in [5.41, 5.74) is 0.472. The molecule has 0 saturated heterocycles. The Bertz CT molecular complexity index is 844. The number of rotatable bonds is 8. The van der Waals surface area contributed by atoms with Gasteiger partial charge >= 0.3 is 5.97 Å². The second-order valence-electron chi connectivity index (χ2n) is 5.36. The molecule has 9 heteroatoms. The van der Waals surface area contributed by atoms with Crippen LogP contribution >= 0.6 is 0 Å². The van der Waals surface area contributed by atoms with Crippen LogP contribution in [0.4, 0.5) is 5.69 Å². The molecule has 0 unspecified atom stereocenters. The standard InChI is InChI=1S/C17H20N2O6S/c1-3-24-17(21)12-19(11-15-5-4-10-25-15)26(22,23)16-8-6-14(7-9-16)18-13(2)20/h4-10H,3,11-12H2,1-2H3,(H,18,20). The van der Waals surface area contributed by atoms with E-state index in [0.717, 1.165) is 4.31 Å². The van der Waals surface area contributed by atoms with E-state index in [1.165, 1.54) is 37.5 Å². The predicted octanol–water partition coefficient (Wildman–Crippen LogP) is 1.99. The highest BCUT2D eigenvalue weighted by atomic mass is 32.2. The molecule has 1 aromatic heterocycles. The number of amides is 1. The predicted molar refractivity (Wildman–Crippen MR) is 93.7 cm³/mol. The molecule has 0 aliphatic heterocycles. The zero-order valence-electron chi connectivity index (χ0n) is 14.5. The van der Waals surface area contributed by atoms with Crippen molar-refractivity contribution in [2.45, 2.75) is 25.3 Å². The summed E-state index contributed by atoms with van der Waals surface area (Å²) in [7, 11) is -3.98. The molecule has 0 radical (unpaired) electrons. The molecule has 0 saturated carbocycles. The Morgan fingerprint density at radius 2 is 1.88 bits per heavy atom. The Labute approximate surface area is 151 Å². The van der Waals surface area contributed by atoms with Gasteiger partial charge in [0.1, 0.15) is 12.3 Å². The molecule has 1 N–H and O–H groups in total. The monoisotopic (exact) mass is 380 g/mol. The van der Waals surface area contributed by atoms with Gasteiger partial charge in [-0.15, -0.1) is 0 Å². The first-order valence-electron chi connectivity index (χ1n) is 7.88. The molecule has 0 aliphatic carbocycles. The minimum absolute atomic E-state index is 0.0116. The van der Waals surface area contributed by atoms with Crippen LogP contribution in [0.5, 0.6) is 0 Å². The van der Waals surface area contributed by atoms with Crippen molar-refractivity contribution >= 4 is 27.6 Å². The number of ether oxygens (including phenoxy) is 1. The highest BCUT2D eigenvalue weighted by Gasteiger charge is 2.28. The zero-order chi connectivity index (χ0) is 19.2. The topological polar surface area (TPSA) is 106 Å². The number of anilines is 1. The molecule has 1 aromatic carbocycles. The number of sulfonamides is 1. The first-order chi connectivity index (χ1) is 12.3. The molecule has 0 fully saturated rings. The summed E-state index contributed by atoms with van der Waals surface area (Å²) in [6.45, 7) is 2.60. The number of esters is 1. The van der Waals surface area contributed by atoms with E-state index in [-0.39, 0.29) is 24.0 Å². The summed E-state index contributed by atoms with van der Waals surface area (Å²) in [6.07, 6.45) is 1.42. The van der Waals surface area contributed by atoms with Gasteiger partial charge in [0.05, 0.1) is 24.3 Å². The molecular formula is C17H20N2O6S. The highest BCUT2D eigenvalue weighted by Crippen LogP contribution is 2.21. The Kier molecular flexibility index (Phi) is 6.53. The summed E-state index contributed by atoms with van der Waals surface area (Å²) in [4.78, 5) is 22.9. The van der Waals surface area contributed by atoms with Gasteiger partial charge < -0.3 is 14.5 Å². The maximum Gasteiger partial charge on any atom is 0.321 e. The fraction of sp³-hybridized carbons (Fsp3) is 0.294. The molecule has 0 aliphatic rings. The van der Waals surface area contributed by atoms with Gasteiger partial charge in [-0.05, 0) is 43.3 Å². The number of nitrogens with one attached hydrogen (secondary N) is 1. The Morgan fingerprint density at radius 1 is 1.19 bits per heavy atom. The second-order valence-corrected chi connectivity index (χ2v) is 7.30. The average molecular weight is 380 g/mol. The third kappa shape index (κ3) is 5.17. The van der Waals surface area contributed by atoms with Crippen molar-refractivity contribution in [1.82, 2.24) is 4.31 Å². The van der Waals surface area contributed by atoms with E-state index in [9.17, 15) is 18.0 Å². The third-order valence-electron chi connectivity index (χ3n) is 3.34. The molecule has 1 amide bonds. The summed E-state index contributed by atoms with van der Waals surface area (Å²) >= 11 is 0. The van der Waals surface area contributed by atoms with E-state index in [0.29, 0.717) is 11.4 Å². The van der Waals surface area contributed by atoms with Crippen LogP contribution in [0.1, 0.15) is 19.6 Å². The van der Waals surface area contributed by atoms with Gasteiger partial charge in [0.2, 0.25) is 15.9 Å². The maximum absolute atomic E-state index is 12.9. The number of hydrogen-bond donors (Lipinski definition) is 1. The fourth-order valence-electron chi connectivity index (χ4n) is 2.22. The lowest BCUT2D eigenvalue weighted by molar-refractivity contribution is -0.143. The van der Waals surface area contributed by atoms with Gasteiger partial charge in [0.15, 0.2) is 0 Å². The molecule has 2 aromatic rings. The molecule has 1 heterocycles. The van der Waals surface area contributed by atoms with Gasteiger partial charge in [-0.1, -0.05) is 0 Å². The Morgan fingerprint density at radius 3 is 2.42 bits per heavy atom. The normalized spacial score (nSPS) is 11.3. The maximum atomic E-state index is 12.9. The van der Waals surface area contributed by atoms with Crippen LogP contribution in [0.25, 0.3) is 0 Å². The molecular weight excluding hydrogens is 360 g/mol. The average Bonchev–Trinajstić information content (AvgIpc) is 3.07. The minimum atomic E-state index is -3.98. The van der Waals surface area contributed by atoms with Gasteiger partial charge in [0, 0.05) is 12.6 Å². The summed E-state index contributed by atoms with van der Waals surface area (Å²) in [6, 6.07) is 8.93. The van der Waals surface area contributed by atoms with Crippen molar-refractivity contribution in [2.75, 3.05) is 18.5 Å². The number of carbonyl (C=O) groups is 2. The van der Waals surface area contributed by atoms with Gasteiger partial charge in [-0.3, -0.25) is 9.59 Å². The largest absolute Gasteiger partial charge is 0.468 e. The van der Waals surface area contributed by atoms with E-state index < -0.39 is 22.5 Å². The number of hydrogen-bond acceptors (Lipinski definition) is 6. The lowest BCUT2D eigenvalue weighted by Gasteiger charge is -2.20. The molecule has 0 atom stereocenters. The lowest BCUT2D eigenvalue weighted by atomic mass is 10.3. The van der Waals surface area contributed by atoms with Crippen molar-refractivity contribution in [3.63, 3.8) is 0 Å². The summed E-state index contributed by atoms with van der Waals surface area (Å²) in [5, 5.41) is 2.56. The lowest BCUT2D eigenvalue weighted by Crippen LogP contribution is -2.36.